The lowest BCUT2D eigenvalue weighted by Gasteiger charge is -2.36. The molecule has 0 aliphatic carbocycles. The van der Waals surface area contributed by atoms with E-state index in [0.29, 0.717) is 13.2 Å². The number of ether oxygens (including phenoxy) is 1. The summed E-state index contributed by atoms with van der Waals surface area (Å²) in [5, 5.41) is 7.09. The van der Waals surface area contributed by atoms with E-state index in [9.17, 15) is 4.79 Å². The Bertz CT molecular complexity index is 527. The molecule has 2 heterocycles. The molecule has 1 aromatic rings. The van der Waals surface area contributed by atoms with E-state index in [2.05, 4.69) is 15.5 Å². The normalized spacial score (nSPS) is 23.6. The molecule has 2 atom stereocenters. The molecule has 0 saturated carbocycles. The van der Waals surface area contributed by atoms with Gasteiger partial charge in [-0.2, -0.15) is 0 Å². The highest BCUT2D eigenvalue weighted by atomic mass is 35.5. The van der Waals surface area contributed by atoms with Gasteiger partial charge in [0.25, 0.3) is 0 Å². The quantitative estimate of drug-likeness (QED) is 0.823. The number of rotatable bonds is 3. The molecule has 136 valence electrons. The number of amides is 1. The molecule has 3 rings (SSSR count). The minimum absolute atomic E-state index is 0. The summed E-state index contributed by atoms with van der Waals surface area (Å²) < 4.78 is 5.35. The summed E-state index contributed by atoms with van der Waals surface area (Å²) >= 11 is 6.28. The van der Waals surface area contributed by atoms with Crippen LogP contribution in [0.4, 0.5) is 5.69 Å². The zero-order valence-corrected chi connectivity index (χ0v) is 15.8. The molecule has 0 spiro atoms. The molecule has 24 heavy (non-hydrogen) atoms. The number of nitrogens with zero attached hydrogens (tertiary/aromatic N) is 1. The SMILES string of the molecule is Cl.Cl.O=C(NC1CCCN(c2ccccc2Cl)C1)C1COCCN1. The summed E-state index contributed by atoms with van der Waals surface area (Å²) in [5.74, 6) is 0.0331. The first-order valence-corrected chi connectivity index (χ1v) is 8.23. The van der Waals surface area contributed by atoms with Crippen molar-refractivity contribution in [3.05, 3.63) is 29.3 Å². The predicted octanol–water partition coefficient (Wildman–Crippen LogP) is 2.26. The van der Waals surface area contributed by atoms with E-state index < -0.39 is 0 Å². The van der Waals surface area contributed by atoms with Crippen molar-refractivity contribution < 1.29 is 9.53 Å². The number of piperidine rings is 1. The number of carbonyl (C=O) groups excluding carboxylic acids is 1. The third kappa shape index (κ3) is 5.39. The lowest BCUT2D eigenvalue weighted by atomic mass is 10.0. The number of para-hydroxylation sites is 1. The van der Waals surface area contributed by atoms with Crippen molar-refractivity contribution in [1.29, 1.82) is 0 Å². The molecule has 2 unspecified atom stereocenters. The number of morpholine rings is 1. The van der Waals surface area contributed by atoms with Crippen LogP contribution in [0.25, 0.3) is 0 Å². The Kier molecular flexibility index (Phi) is 9.16. The fraction of sp³-hybridized carbons (Fsp3) is 0.562. The number of halogens is 3. The summed E-state index contributed by atoms with van der Waals surface area (Å²) in [4.78, 5) is 14.5. The van der Waals surface area contributed by atoms with Crippen molar-refractivity contribution >= 4 is 48.0 Å². The maximum absolute atomic E-state index is 12.3. The van der Waals surface area contributed by atoms with Gasteiger partial charge in [-0.05, 0) is 25.0 Å². The van der Waals surface area contributed by atoms with Crippen LogP contribution in [0.1, 0.15) is 12.8 Å². The average molecular weight is 397 g/mol. The third-order valence-corrected chi connectivity index (χ3v) is 4.52. The van der Waals surface area contributed by atoms with Crippen molar-refractivity contribution in [2.24, 2.45) is 0 Å². The van der Waals surface area contributed by atoms with E-state index >= 15 is 0 Å². The number of benzene rings is 1. The van der Waals surface area contributed by atoms with Crippen molar-refractivity contribution in [2.75, 3.05) is 37.7 Å². The zero-order chi connectivity index (χ0) is 15.4. The molecule has 1 amide bonds. The molecule has 0 radical (unpaired) electrons. The van der Waals surface area contributed by atoms with Gasteiger partial charge in [-0.1, -0.05) is 23.7 Å². The van der Waals surface area contributed by atoms with Crippen molar-refractivity contribution in [1.82, 2.24) is 10.6 Å². The molecule has 2 fully saturated rings. The van der Waals surface area contributed by atoms with Crippen LogP contribution in [-0.4, -0.2) is 50.8 Å². The minimum atomic E-state index is -0.232. The van der Waals surface area contributed by atoms with Crippen LogP contribution in [0.5, 0.6) is 0 Å². The highest BCUT2D eigenvalue weighted by molar-refractivity contribution is 6.33. The molecule has 2 aliphatic heterocycles. The van der Waals surface area contributed by atoms with Gasteiger partial charge in [0.1, 0.15) is 6.04 Å². The predicted molar refractivity (Wildman–Crippen MR) is 102 cm³/mol. The zero-order valence-electron chi connectivity index (χ0n) is 13.4. The fourth-order valence-corrected chi connectivity index (χ4v) is 3.31. The maximum atomic E-state index is 12.3. The Balaban J connectivity index is 0.00000144. The van der Waals surface area contributed by atoms with Crippen molar-refractivity contribution in [3.63, 3.8) is 0 Å². The Morgan fingerprint density at radius 3 is 2.83 bits per heavy atom. The molecular weight excluding hydrogens is 373 g/mol. The lowest BCUT2D eigenvalue weighted by molar-refractivity contribution is -0.126. The summed E-state index contributed by atoms with van der Waals surface area (Å²) in [6, 6.07) is 7.78. The topological polar surface area (TPSA) is 53.6 Å². The first-order valence-electron chi connectivity index (χ1n) is 7.85. The van der Waals surface area contributed by atoms with E-state index in [-0.39, 0.29) is 42.8 Å². The Morgan fingerprint density at radius 1 is 1.33 bits per heavy atom. The monoisotopic (exact) mass is 395 g/mol. The Labute approximate surface area is 160 Å². The van der Waals surface area contributed by atoms with Gasteiger partial charge in [0.15, 0.2) is 0 Å². The van der Waals surface area contributed by atoms with Crippen LogP contribution in [0.3, 0.4) is 0 Å². The van der Waals surface area contributed by atoms with Gasteiger partial charge in [0.2, 0.25) is 5.91 Å². The second kappa shape index (κ2) is 10.3. The van der Waals surface area contributed by atoms with Gasteiger partial charge in [-0.15, -0.1) is 24.8 Å². The number of carbonyl (C=O) groups is 1. The second-order valence-corrected chi connectivity index (χ2v) is 6.23. The number of nitrogens with one attached hydrogen (secondary N) is 2. The van der Waals surface area contributed by atoms with E-state index in [4.69, 9.17) is 16.3 Å². The highest BCUT2D eigenvalue weighted by Crippen LogP contribution is 2.27. The standard InChI is InChI=1S/C16H22ClN3O2.2ClH/c17-13-5-1-2-6-15(13)20-8-3-4-12(10-20)19-16(21)14-11-22-9-7-18-14;;/h1-2,5-6,12,14,18H,3-4,7-11H2,(H,19,21);2*1H. The third-order valence-electron chi connectivity index (χ3n) is 4.20. The molecule has 2 aliphatic rings. The van der Waals surface area contributed by atoms with Crippen LogP contribution >= 0.6 is 36.4 Å². The Morgan fingerprint density at radius 2 is 2.12 bits per heavy atom. The van der Waals surface area contributed by atoms with Gasteiger partial charge < -0.3 is 20.3 Å². The van der Waals surface area contributed by atoms with E-state index in [1.165, 1.54) is 0 Å². The fourth-order valence-electron chi connectivity index (χ4n) is 3.06. The number of hydrogen-bond donors (Lipinski definition) is 2. The molecular formula is C16H24Cl3N3O2. The molecule has 5 nitrogen and oxygen atoms in total. The van der Waals surface area contributed by atoms with Crippen molar-refractivity contribution in [2.45, 2.75) is 24.9 Å². The van der Waals surface area contributed by atoms with Crippen LogP contribution in [0.15, 0.2) is 24.3 Å². The van der Waals surface area contributed by atoms with E-state index in [1.54, 1.807) is 0 Å². The smallest absolute Gasteiger partial charge is 0.239 e. The first kappa shape index (κ1) is 21.3. The molecule has 0 bridgehead atoms. The molecule has 1 aromatic carbocycles. The summed E-state index contributed by atoms with van der Waals surface area (Å²) in [6.45, 7) is 3.62. The molecule has 8 heteroatoms. The van der Waals surface area contributed by atoms with Crippen molar-refractivity contribution in [3.8, 4) is 0 Å². The maximum Gasteiger partial charge on any atom is 0.239 e. The van der Waals surface area contributed by atoms with E-state index in [1.807, 2.05) is 24.3 Å². The molecule has 2 saturated heterocycles. The number of anilines is 1. The first-order chi connectivity index (χ1) is 10.7. The van der Waals surface area contributed by atoms with Gasteiger partial charge in [0, 0.05) is 25.7 Å². The summed E-state index contributed by atoms with van der Waals surface area (Å²) in [5.41, 5.74) is 1.04. The summed E-state index contributed by atoms with van der Waals surface area (Å²) in [7, 11) is 0. The highest BCUT2D eigenvalue weighted by Gasteiger charge is 2.27. The average Bonchev–Trinajstić information content (AvgIpc) is 2.56. The van der Waals surface area contributed by atoms with Crippen LogP contribution < -0.4 is 15.5 Å². The largest absolute Gasteiger partial charge is 0.378 e. The van der Waals surface area contributed by atoms with Crippen LogP contribution in [0.2, 0.25) is 5.02 Å². The van der Waals surface area contributed by atoms with E-state index in [0.717, 1.165) is 43.2 Å². The number of hydrogen-bond acceptors (Lipinski definition) is 4. The molecule has 2 N–H and O–H groups in total. The van der Waals surface area contributed by atoms with Crippen LogP contribution in [0, 0.1) is 0 Å². The summed E-state index contributed by atoms with van der Waals surface area (Å²) in [6.07, 6.45) is 2.05. The van der Waals surface area contributed by atoms with Gasteiger partial charge in [-0.3, -0.25) is 4.79 Å². The van der Waals surface area contributed by atoms with Gasteiger partial charge in [-0.25, -0.2) is 0 Å². The Hall–Kier alpha value is -0.720. The van der Waals surface area contributed by atoms with Gasteiger partial charge >= 0.3 is 0 Å². The second-order valence-electron chi connectivity index (χ2n) is 5.83. The lowest BCUT2D eigenvalue weighted by Crippen LogP contribution is -2.56. The molecule has 0 aromatic heterocycles. The van der Waals surface area contributed by atoms with Crippen LogP contribution in [-0.2, 0) is 9.53 Å². The van der Waals surface area contributed by atoms with Gasteiger partial charge in [0.05, 0.1) is 23.9 Å². The minimum Gasteiger partial charge on any atom is -0.378 e.